The molecule has 2 heterocycles. The van der Waals surface area contributed by atoms with Crippen LogP contribution in [0, 0.1) is 11.6 Å². The molecule has 0 saturated heterocycles. The maximum absolute atomic E-state index is 15.2. The van der Waals surface area contributed by atoms with Gasteiger partial charge in [-0.05, 0) is 37.8 Å². The van der Waals surface area contributed by atoms with Crippen molar-refractivity contribution in [3.05, 3.63) is 53.9 Å². The number of fused-ring (bicyclic) bond motifs is 1. The van der Waals surface area contributed by atoms with E-state index in [9.17, 15) is 9.59 Å². The van der Waals surface area contributed by atoms with E-state index in [1.165, 1.54) is 20.3 Å². The number of carbonyl (C=O) groups excluding carboxylic acids is 2. The molecule has 0 N–H and O–H groups in total. The van der Waals surface area contributed by atoms with Crippen LogP contribution in [0.15, 0.2) is 31.0 Å². The number of carbonyl (C=O) groups is 2. The Kier molecular flexibility index (Phi) is 6.31. The molecule has 2 amide bonds. The number of aromatic nitrogens is 1. The lowest BCUT2D eigenvalue weighted by atomic mass is 9.90. The molecule has 33 heavy (non-hydrogen) atoms. The van der Waals surface area contributed by atoms with Gasteiger partial charge in [-0.2, -0.15) is 0 Å². The van der Waals surface area contributed by atoms with Gasteiger partial charge in [0.1, 0.15) is 5.69 Å². The number of anilines is 2. The number of amides is 2. The van der Waals surface area contributed by atoms with Gasteiger partial charge in [0.2, 0.25) is 0 Å². The van der Waals surface area contributed by atoms with Crippen molar-refractivity contribution in [1.29, 1.82) is 0 Å². The monoisotopic (exact) mass is 457 g/mol. The highest BCUT2D eigenvalue weighted by atomic mass is 19.1. The van der Waals surface area contributed by atoms with Crippen LogP contribution in [-0.2, 0) is 17.8 Å². The fourth-order valence-corrected chi connectivity index (χ4v) is 4.10. The number of rotatable bonds is 8. The maximum atomic E-state index is 15.2. The molecule has 1 fully saturated rings. The molecule has 0 spiro atoms. The van der Waals surface area contributed by atoms with E-state index in [4.69, 9.17) is 9.47 Å². The Bertz CT molecular complexity index is 1090. The van der Waals surface area contributed by atoms with Crippen molar-refractivity contribution in [3.63, 3.8) is 0 Å². The third-order valence-corrected chi connectivity index (χ3v) is 6.16. The van der Waals surface area contributed by atoms with Crippen molar-refractivity contribution < 1.29 is 27.8 Å². The number of hydrogen-bond acceptors (Lipinski definition) is 5. The second kappa shape index (κ2) is 9.17. The summed E-state index contributed by atoms with van der Waals surface area (Å²) in [7, 11) is 2.52. The summed E-state index contributed by atoms with van der Waals surface area (Å²) in [5, 5.41) is 0. The topological polar surface area (TPSA) is 72.0 Å². The largest absolute Gasteiger partial charge is 0.493 e. The number of urea groups is 1. The number of allylic oxidation sites excluding steroid dienone is 1. The fourth-order valence-electron chi connectivity index (χ4n) is 4.10. The highest BCUT2D eigenvalue weighted by Gasteiger charge is 2.41. The summed E-state index contributed by atoms with van der Waals surface area (Å²) in [6.45, 7) is 3.41. The first-order chi connectivity index (χ1) is 15.9. The summed E-state index contributed by atoms with van der Waals surface area (Å²) in [5.74, 6) is -2.50. The van der Waals surface area contributed by atoms with Crippen molar-refractivity contribution >= 4 is 23.2 Å². The van der Waals surface area contributed by atoms with Gasteiger partial charge in [-0.15, -0.1) is 0 Å². The molecule has 1 aromatic carbocycles. The molecule has 174 valence electrons. The molecule has 4 rings (SSSR count). The van der Waals surface area contributed by atoms with Gasteiger partial charge >= 0.3 is 6.03 Å². The molecule has 0 unspecified atom stereocenters. The number of ether oxygens (including phenoxy) is 2. The van der Waals surface area contributed by atoms with Crippen molar-refractivity contribution in [2.45, 2.75) is 44.7 Å². The first-order valence-electron chi connectivity index (χ1n) is 10.7. The first-order valence-corrected chi connectivity index (χ1v) is 10.7. The fraction of sp³-hybridized carbons (Fsp3) is 0.375. The van der Waals surface area contributed by atoms with Crippen molar-refractivity contribution in [1.82, 2.24) is 4.98 Å². The van der Waals surface area contributed by atoms with Crippen molar-refractivity contribution in [2.24, 2.45) is 0 Å². The van der Waals surface area contributed by atoms with Gasteiger partial charge < -0.3 is 9.47 Å². The van der Waals surface area contributed by atoms with Crippen LogP contribution in [0.3, 0.4) is 0 Å². The Morgan fingerprint density at radius 3 is 2.42 bits per heavy atom. The van der Waals surface area contributed by atoms with Gasteiger partial charge in [-0.1, -0.05) is 6.58 Å². The Labute approximate surface area is 190 Å². The van der Waals surface area contributed by atoms with E-state index < -0.39 is 23.4 Å². The zero-order valence-electron chi connectivity index (χ0n) is 18.6. The maximum Gasteiger partial charge on any atom is 0.329 e. The first kappa shape index (κ1) is 22.7. The van der Waals surface area contributed by atoms with Crippen molar-refractivity contribution in [2.75, 3.05) is 24.0 Å². The highest BCUT2D eigenvalue weighted by Crippen LogP contribution is 2.43. The summed E-state index contributed by atoms with van der Waals surface area (Å²) < 4.78 is 40.5. The van der Waals surface area contributed by atoms with E-state index in [0.717, 1.165) is 30.2 Å². The summed E-state index contributed by atoms with van der Waals surface area (Å²) in [6.07, 6.45) is 6.08. The second-order valence-corrected chi connectivity index (χ2v) is 8.06. The zero-order chi connectivity index (χ0) is 23.7. The third-order valence-electron chi connectivity index (χ3n) is 6.16. The highest BCUT2D eigenvalue weighted by molar-refractivity contribution is 6.07. The number of nitrogens with zero attached hydrogens (tertiary/aromatic N) is 3. The molecule has 2 aromatic rings. The Morgan fingerprint density at radius 1 is 1.21 bits per heavy atom. The Morgan fingerprint density at radius 2 is 1.88 bits per heavy atom. The molecule has 0 bridgehead atoms. The van der Waals surface area contributed by atoms with Crippen LogP contribution in [0.2, 0.25) is 0 Å². The van der Waals surface area contributed by atoms with Crippen LogP contribution in [0.25, 0.3) is 0 Å². The third kappa shape index (κ3) is 4.03. The molecular weight excluding hydrogens is 432 g/mol. The molecular formula is C24H25F2N3O4. The smallest absolute Gasteiger partial charge is 0.329 e. The minimum absolute atomic E-state index is 0.0690. The average molecular weight is 457 g/mol. The van der Waals surface area contributed by atoms with Crippen LogP contribution in [-0.4, -0.2) is 37.1 Å². The quantitative estimate of drug-likeness (QED) is 0.544. The number of hydrogen-bond donors (Lipinski definition) is 0. The van der Waals surface area contributed by atoms with E-state index in [-0.39, 0.29) is 36.3 Å². The lowest BCUT2D eigenvalue weighted by Crippen LogP contribution is -2.54. The van der Waals surface area contributed by atoms with Crippen LogP contribution in [0.5, 0.6) is 11.5 Å². The molecule has 9 heteroatoms. The van der Waals surface area contributed by atoms with Gasteiger partial charge in [0.05, 0.1) is 26.5 Å². The normalized spacial score (nSPS) is 15.7. The standard InChI is InChI=1S/C24H25F2N3O4/c1-4-17(30)9-8-15-10-18-14(12-27-15)13-28(24(31)29(18)16-6-5-7-16)23-21(25)19(32-2)11-20(33-3)22(23)26/h4,10-12,16H,1,5-9,13H2,2-3H3. The molecule has 1 saturated carbocycles. The SMILES string of the molecule is C=CC(=O)CCc1cc2c(cn1)CN(c1c(F)c(OC)cc(OC)c1F)C(=O)N2C1CCC1. The molecule has 1 aliphatic carbocycles. The molecule has 1 aromatic heterocycles. The van der Waals surface area contributed by atoms with Crippen LogP contribution in [0.1, 0.15) is 36.9 Å². The summed E-state index contributed by atoms with van der Waals surface area (Å²) in [4.78, 5) is 32.3. The molecule has 0 radical (unpaired) electrons. The number of aryl methyl sites for hydroxylation is 1. The molecule has 2 aliphatic rings. The van der Waals surface area contributed by atoms with E-state index in [2.05, 4.69) is 11.6 Å². The zero-order valence-corrected chi connectivity index (χ0v) is 18.6. The van der Waals surface area contributed by atoms with Gasteiger partial charge in [0, 0.05) is 36.0 Å². The van der Waals surface area contributed by atoms with E-state index in [1.54, 1.807) is 17.2 Å². The second-order valence-electron chi connectivity index (χ2n) is 8.06. The van der Waals surface area contributed by atoms with Crippen LogP contribution < -0.4 is 19.3 Å². The number of benzene rings is 1. The molecule has 0 atom stereocenters. The number of pyridine rings is 1. The van der Waals surface area contributed by atoms with Crippen LogP contribution in [0.4, 0.5) is 25.0 Å². The van der Waals surface area contributed by atoms with Crippen molar-refractivity contribution in [3.8, 4) is 11.5 Å². The molecule has 7 nitrogen and oxygen atoms in total. The Hall–Kier alpha value is -3.49. The predicted octanol–water partition coefficient (Wildman–Crippen LogP) is 4.56. The van der Waals surface area contributed by atoms with E-state index in [0.29, 0.717) is 23.4 Å². The number of ketones is 1. The predicted molar refractivity (Wildman–Crippen MR) is 119 cm³/mol. The number of methoxy groups -OCH3 is 2. The van der Waals surface area contributed by atoms with Gasteiger partial charge in [0.15, 0.2) is 28.9 Å². The van der Waals surface area contributed by atoms with Gasteiger partial charge in [-0.25, -0.2) is 13.6 Å². The number of halogens is 2. The average Bonchev–Trinajstić information content (AvgIpc) is 2.78. The minimum Gasteiger partial charge on any atom is -0.493 e. The molecule has 1 aliphatic heterocycles. The summed E-state index contributed by atoms with van der Waals surface area (Å²) in [6, 6.07) is 2.29. The van der Waals surface area contributed by atoms with E-state index >= 15 is 8.78 Å². The van der Waals surface area contributed by atoms with Gasteiger partial charge in [-0.3, -0.25) is 19.6 Å². The summed E-state index contributed by atoms with van der Waals surface area (Å²) in [5.41, 5.74) is 1.45. The van der Waals surface area contributed by atoms with Crippen LogP contribution >= 0.6 is 0 Å². The minimum atomic E-state index is -0.978. The Balaban J connectivity index is 1.78. The summed E-state index contributed by atoms with van der Waals surface area (Å²) >= 11 is 0. The van der Waals surface area contributed by atoms with Gasteiger partial charge in [0.25, 0.3) is 0 Å². The lowest BCUT2D eigenvalue weighted by molar-refractivity contribution is -0.114. The lowest BCUT2D eigenvalue weighted by Gasteiger charge is -2.44. The van der Waals surface area contributed by atoms with E-state index in [1.807, 2.05) is 0 Å².